The predicted molar refractivity (Wildman–Crippen MR) is 150 cm³/mol. The van der Waals surface area contributed by atoms with Crippen LogP contribution in [-0.4, -0.2) is 30.4 Å². The highest BCUT2D eigenvalue weighted by atomic mass is 16.6. The van der Waals surface area contributed by atoms with Gasteiger partial charge in [0.1, 0.15) is 0 Å². The number of hydrogen-bond donors (Lipinski definition) is 0. The zero-order valence-corrected chi connectivity index (χ0v) is 21.9. The first-order chi connectivity index (χ1) is 19.2. The zero-order valence-electron chi connectivity index (χ0n) is 21.9. The van der Waals surface area contributed by atoms with Crippen LogP contribution >= 0.6 is 0 Å². The van der Waals surface area contributed by atoms with Crippen molar-refractivity contribution in [2.24, 2.45) is 0 Å². The van der Waals surface area contributed by atoms with Gasteiger partial charge < -0.3 is 18.9 Å². The Balaban J connectivity index is 1.36. The molecule has 0 amide bonds. The number of carbonyl (C=O) groups is 1. The minimum atomic E-state index is -0.582. The third kappa shape index (κ3) is 7.87. The largest absolute Gasteiger partial charge is 0.453 e. The van der Waals surface area contributed by atoms with Gasteiger partial charge in [-0.2, -0.15) is 0 Å². The Labute approximate surface area is 230 Å². The molecule has 1 aliphatic carbocycles. The first-order valence-electron chi connectivity index (χ1n) is 13.5. The summed E-state index contributed by atoms with van der Waals surface area (Å²) in [7, 11) is 0. The van der Waals surface area contributed by atoms with Gasteiger partial charge in [-0.05, 0) is 28.8 Å². The Hall–Kier alpha value is -3.77. The molecule has 0 aliphatic heterocycles. The highest BCUT2D eigenvalue weighted by Gasteiger charge is 2.42. The summed E-state index contributed by atoms with van der Waals surface area (Å²) in [5, 5.41) is 0. The molecule has 200 valence electrons. The first kappa shape index (κ1) is 26.8. The van der Waals surface area contributed by atoms with Crippen molar-refractivity contribution in [2.75, 3.05) is 0 Å². The molecule has 1 saturated carbocycles. The zero-order chi connectivity index (χ0) is 26.7. The van der Waals surface area contributed by atoms with E-state index < -0.39 is 18.3 Å². The quantitative estimate of drug-likeness (QED) is 0.204. The summed E-state index contributed by atoms with van der Waals surface area (Å²) in [4.78, 5) is 13.2. The van der Waals surface area contributed by atoms with Gasteiger partial charge in [0.25, 0.3) is 0 Å². The number of benzene rings is 4. The van der Waals surface area contributed by atoms with Crippen LogP contribution in [0.2, 0.25) is 0 Å². The van der Waals surface area contributed by atoms with Gasteiger partial charge in [-0.15, -0.1) is 0 Å². The van der Waals surface area contributed by atoms with E-state index in [-0.39, 0.29) is 12.1 Å². The molecule has 0 heterocycles. The van der Waals surface area contributed by atoms with E-state index in [1.54, 1.807) is 12.1 Å². The Bertz CT molecular complexity index is 1210. The molecular formula is C34H34O5. The van der Waals surface area contributed by atoms with Crippen molar-refractivity contribution in [3.63, 3.8) is 0 Å². The van der Waals surface area contributed by atoms with Crippen LogP contribution in [0.4, 0.5) is 0 Å². The van der Waals surface area contributed by atoms with E-state index in [4.69, 9.17) is 18.9 Å². The maximum atomic E-state index is 13.2. The molecule has 0 N–H and O–H groups in total. The molecule has 0 bridgehead atoms. The van der Waals surface area contributed by atoms with Gasteiger partial charge >= 0.3 is 5.97 Å². The monoisotopic (exact) mass is 522 g/mol. The van der Waals surface area contributed by atoms with Crippen molar-refractivity contribution in [1.82, 2.24) is 0 Å². The Morgan fingerprint density at radius 2 is 0.923 bits per heavy atom. The molecule has 0 radical (unpaired) electrons. The Morgan fingerprint density at radius 3 is 1.36 bits per heavy atom. The first-order valence-corrected chi connectivity index (χ1v) is 13.5. The molecule has 1 aliphatic rings. The van der Waals surface area contributed by atoms with Gasteiger partial charge in [0.2, 0.25) is 0 Å². The second kappa shape index (κ2) is 13.9. The SMILES string of the molecule is O=C(OC1[C@H](OCc2ccccc2)CC(OCc2ccccc2)C[C@H]1OCc1ccccc1)c1ccccc1. The topological polar surface area (TPSA) is 54.0 Å². The van der Waals surface area contributed by atoms with E-state index in [0.29, 0.717) is 38.2 Å². The lowest BCUT2D eigenvalue weighted by atomic mass is 9.88. The van der Waals surface area contributed by atoms with Gasteiger partial charge in [-0.3, -0.25) is 0 Å². The molecular weight excluding hydrogens is 488 g/mol. The fourth-order valence-electron chi connectivity index (χ4n) is 4.84. The molecule has 4 aromatic rings. The van der Waals surface area contributed by atoms with Gasteiger partial charge in [-0.1, -0.05) is 109 Å². The van der Waals surface area contributed by atoms with E-state index >= 15 is 0 Å². The van der Waals surface area contributed by atoms with Crippen LogP contribution in [0.3, 0.4) is 0 Å². The van der Waals surface area contributed by atoms with E-state index in [2.05, 4.69) is 12.1 Å². The minimum Gasteiger partial charge on any atom is -0.453 e. The molecule has 5 heteroatoms. The number of carbonyl (C=O) groups excluding carboxylic acids is 1. The van der Waals surface area contributed by atoms with Gasteiger partial charge in [0, 0.05) is 12.8 Å². The van der Waals surface area contributed by atoms with Crippen LogP contribution in [0.15, 0.2) is 121 Å². The third-order valence-electron chi connectivity index (χ3n) is 6.92. The molecule has 0 aromatic heterocycles. The van der Waals surface area contributed by atoms with E-state index in [1.807, 2.05) is 97.1 Å². The van der Waals surface area contributed by atoms with Gasteiger partial charge in [-0.25, -0.2) is 4.79 Å². The lowest BCUT2D eigenvalue weighted by Crippen LogP contribution is -2.51. The summed E-state index contributed by atoms with van der Waals surface area (Å²) in [6.07, 6.45) is -0.295. The standard InChI is InChI=1S/C34H34O5/c35-34(29-19-11-4-12-20-29)39-33-31(37-24-27-15-7-2-8-16-27)21-30(36-23-26-13-5-1-6-14-26)22-32(33)38-25-28-17-9-3-10-18-28/h1-20,30-33H,21-25H2/t30?,31-,32-,33?/m1/s1. The Morgan fingerprint density at radius 1 is 0.538 bits per heavy atom. The van der Waals surface area contributed by atoms with Crippen molar-refractivity contribution in [3.05, 3.63) is 144 Å². The highest BCUT2D eigenvalue weighted by molar-refractivity contribution is 5.89. The second-order valence-electron chi connectivity index (χ2n) is 9.80. The van der Waals surface area contributed by atoms with E-state index in [9.17, 15) is 4.79 Å². The van der Waals surface area contributed by atoms with Crippen LogP contribution in [0.1, 0.15) is 39.9 Å². The van der Waals surface area contributed by atoms with Gasteiger partial charge in [0.05, 0.1) is 43.7 Å². The molecule has 0 saturated heterocycles. The minimum absolute atomic E-state index is 0.113. The van der Waals surface area contributed by atoms with Crippen LogP contribution in [0, 0.1) is 0 Å². The molecule has 0 unspecified atom stereocenters. The van der Waals surface area contributed by atoms with Crippen molar-refractivity contribution in [2.45, 2.75) is 57.1 Å². The van der Waals surface area contributed by atoms with Crippen LogP contribution < -0.4 is 0 Å². The van der Waals surface area contributed by atoms with Crippen molar-refractivity contribution in [3.8, 4) is 0 Å². The molecule has 5 nitrogen and oxygen atoms in total. The number of hydrogen-bond acceptors (Lipinski definition) is 5. The summed E-state index contributed by atoms with van der Waals surface area (Å²) in [6.45, 7) is 1.31. The number of ether oxygens (including phenoxy) is 4. The molecule has 39 heavy (non-hydrogen) atoms. The summed E-state index contributed by atoms with van der Waals surface area (Å²) >= 11 is 0. The van der Waals surface area contributed by atoms with Gasteiger partial charge in [0.15, 0.2) is 6.10 Å². The van der Waals surface area contributed by atoms with E-state index in [1.165, 1.54) is 0 Å². The van der Waals surface area contributed by atoms with Crippen LogP contribution in [-0.2, 0) is 38.8 Å². The van der Waals surface area contributed by atoms with Crippen LogP contribution in [0.25, 0.3) is 0 Å². The van der Waals surface area contributed by atoms with Crippen molar-refractivity contribution >= 4 is 5.97 Å². The molecule has 5 rings (SSSR count). The van der Waals surface area contributed by atoms with Crippen molar-refractivity contribution in [1.29, 1.82) is 0 Å². The average Bonchev–Trinajstić information content (AvgIpc) is 3.01. The summed E-state index contributed by atoms with van der Waals surface area (Å²) in [5.74, 6) is -0.383. The van der Waals surface area contributed by atoms with Crippen molar-refractivity contribution < 1.29 is 23.7 Å². The fraction of sp³-hybridized carbons (Fsp3) is 0.265. The lowest BCUT2D eigenvalue weighted by molar-refractivity contribution is -0.176. The smallest absolute Gasteiger partial charge is 0.338 e. The summed E-state index contributed by atoms with van der Waals surface area (Å²) < 4.78 is 25.4. The van der Waals surface area contributed by atoms with E-state index in [0.717, 1.165) is 16.7 Å². The maximum Gasteiger partial charge on any atom is 0.338 e. The summed E-state index contributed by atoms with van der Waals surface area (Å²) in [6, 6.07) is 39.2. The predicted octanol–water partition coefficient (Wildman–Crippen LogP) is 6.76. The molecule has 1 fully saturated rings. The molecule has 0 spiro atoms. The summed E-state index contributed by atoms with van der Waals surface area (Å²) in [5.41, 5.74) is 3.72. The number of esters is 1. The highest BCUT2D eigenvalue weighted by Crippen LogP contribution is 2.31. The van der Waals surface area contributed by atoms with Crippen LogP contribution in [0.5, 0.6) is 0 Å². The maximum absolute atomic E-state index is 13.2. The Kier molecular flexibility index (Phi) is 9.53. The fourth-order valence-corrected chi connectivity index (χ4v) is 4.84. The number of rotatable bonds is 11. The molecule has 4 aromatic carbocycles. The average molecular weight is 523 g/mol. The second-order valence-corrected chi connectivity index (χ2v) is 9.80. The normalized spacial score (nSPS) is 20.8. The molecule has 2 atom stereocenters. The lowest BCUT2D eigenvalue weighted by Gasteiger charge is -2.40. The third-order valence-corrected chi connectivity index (χ3v) is 6.92.